The lowest BCUT2D eigenvalue weighted by Gasteiger charge is -2.34. The highest BCUT2D eigenvalue weighted by molar-refractivity contribution is 5.78. The van der Waals surface area contributed by atoms with Crippen molar-refractivity contribution in [3.63, 3.8) is 0 Å². The highest BCUT2D eigenvalue weighted by Crippen LogP contribution is 2.18. The molecule has 0 spiro atoms. The summed E-state index contributed by atoms with van der Waals surface area (Å²) in [6.45, 7) is 2.72. The molecule has 0 saturated carbocycles. The maximum atomic E-state index is 12.2. The van der Waals surface area contributed by atoms with Gasteiger partial charge in [0.05, 0.1) is 18.9 Å². The molecule has 0 aromatic rings. The molecular formula is C13H22N2O5. The molecule has 7 heteroatoms. The fourth-order valence-corrected chi connectivity index (χ4v) is 2.36. The maximum Gasteiger partial charge on any atom is 0.319 e. The van der Waals surface area contributed by atoms with Crippen LogP contribution in [0.4, 0.5) is 4.79 Å². The Morgan fingerprint density at radius 1 is 1.45 bits per heavy atom. The maximum absolute atomic E-state index is 12.2. The number of nitrogens with zero attached hydrogens (tertiary/aromatic N) is 2. The van der Waals surface area contributed by atoms with Gasteiger partial charge in [-0.1, -0.05) is 6.92 Å². The molecule has 1 rings (SSSR count). The van der Waals surface area contributed by atoms with Crippen LogP contribution in [0.15, 0.2) is 0 Å². The summed E-state index contributed by atoms with van der Waals surface area (Å²) < 4.78 is 4.62. The van der Waals surface area contributed by atoms with Crippen LogP contribution in [0.3, 0.4) is 0 Å². The molecule has 20 heavy (non-hydrogen) atoms. The van der Waals surface area contributed by atoms with Crippen LogP contribution < -0.4 is 0 Å². The average Bonchev–Trinajstić information content (AvgIpc) is 2.45. The average molecular weight is 286 g/mol. The van der Waals surface area contributed by atoms with Gasteiger partial charge in [0.2, 0.25) is 0 Å². The molecule has 0 aromatic heterocycles. The summed E-state index contributed by atoms with van der Waals surface area (Å²) in [6, 6.07) is -0.244. The van der Waals surface area contributed by atoms with Gasteiger partial charge >= 0.3 is 18.0 Å². The van der Waals surface area contributed by atoms with E-state index in [0.717, 1.165) is 0 Å². The first-order chi connectivity index (χ1) is 9.36. The van der Waals surface area contributed by atoms with Crippen LogP contribution in [0.2, 0.25) is 0 Å². The summed E-state index contributed by atoms with van der Waals surface area (Å²) in [5, 5.41) is 9.01. The first kappa shape index (κ1) is 16.3. The topological polar surface area (TPSA) is 87.2 Å². The summed E-state index contributed by atoms with van der Waals surface area (Å²) in [7, 11) is 2.91. The fourth-order valence-electron chi connectivity index (χ4n) is 2.36. The molecule has 2 atom stereocenters. The lowest BCUT2D eigenvalue weighted by Crippen LogP contribution is -2.48. The highest BCUT2D eigenvalue weighted by Gasteiger charge is 2.30. The van der Waals surface area contributed by atoms with Crippen molar-refractivity contribution in [2.24, 2.45) is 11.8 Å². The van der Waals surface area contributed by atoms with Crippen LogP contribution >= 0.6 is 0 Å². The molecule has 1 unspecified atom stereocenters. The van der Waals surface area contributed by atoms with Crippen molar-refractivity contribution in [1.29, 1.82) is 0 Å². The Kier molecular flexibility index (Phi) is 5.79. The molecule has 1 N–H and O–H groups in total. The van der Waals surface area contributed by atoms with Gasteiger partial charge in [-0.25, -0.2) is 4.79 Å². The molecule has 1 aliphatic rings. The minimum atomic E-state index is -0.868. The summed E-state index contributed by atoms with van der Waals surface area (Å²) in [5.74, 6) is -2.15. The van der Waals surface area contributed by atoms with Crippen molar-refractivity contribution in [2.75, 3.05) is 33.8 Å². The van der Waals surface area contributed by atoms with Crippen molar-refractivity contribution in [3.8, 4) is 0 Å². The highest BCUT2D eigenvalue weighted by atomic mass is 16.5. The molecule has 0 radical (unpaired) electrons. The van der Waals surface area contributed by atoms with Crippen molar-refractivity contribution in [2.45, 2.75) is 19.8 Å². The number of urea groups is 1. The van der Waals surface area contributed by atoms with E-state index in [2.05, 4.69) is 4.74 Å². The summed E-state index contributed by atoms with van der Waals surface area (Å²) in [4.78, 5) is 37.5. The van der Waals surface area contributed by atoms with Gasteiger partial charge in [-0.3, -0.25) is 9.59 Å². The number of aliphatic carboxylic acids is 1. The normalized spacial score (nSPS) is 20.1. The number of methoxy groups -OCH3 is 1. The van der Waals surface area contributed by atoms with E-state index in [1.54, 1.807) is 14.0 Å². The lowest BCUT2D eigenvalue weighted by molar-refractivity contribution is -0.145. The van der Waals surface area contributed by atoms with Gasteiger partial charge in [0.25, 0.3) is 0 Å². The molecule has 1 aliphatic heterocycles. The molecule has 0 aromatic carbocycles. The second-order valence-corrected chi connectivity index (χ2v) is 5.21. The van der Waals surface area contributed by atoms with E-state index < -0.39 is 17.8 Å². The number of likely N-dealkylation sites (tertiary alicyclic amines) is 1. The van der Waals surface area contributed by atoms with Gasteiger partial charge in [-0.15, -0.1) is 0 Å². The molecule has 2 amide bonds. The molecule has 7 nitrogen and oxygen atoms in total. The second-order valence-electron chi connectivity index (χ2n) is 5.21. The molecule has 1 saturated heterocycles. The Bertz CT molecular complexity index is 385. The van der Waals surface area contributed by atoms with Gasteiger partial charge in [-0.2, -0.15) is 0 Å². The Balaban J connectivity index is 2.55. The van der Waals surface area contributed by atoms with Crippen molar-refractivity contribution in [3.05, 3.63) is 0 Å². The number of esters is 1. The van der Waals surface area contributed by atoms with Gasteiger partial charge in [-0.05, 0) is 12.8 Å². The van der Waals surface area contributed by atoms with Crippen LogP contribution in [0.5, 0.6) is 0 Å². The fraction of sp³-hybridized carbons (Fsp3) is 0.769. The van der Waals surface area contributed by atoms with Crippen molar-refractivity contribution in [1.82, 2.24) is 9.80 Å². The van der Waals surface area contributed by atoms with Gasteiger partial charge in [0.1, 0.15) is 0 Å². The predicted molar refractivity (Wildman–Crippen MR) is 71.1 cm³/mol. The number of hydrogen-bond acceptors (Lipinski definition) is 4. The summed E-state index contributed by atoms with van der Waals surface area (Å²) >= 11 is 0. The standard InChI is InChI=1S/C13H22N2O5/c1-9(12(18)20-3)7-14(2)13(19)15-6-4-5-10(8-15)11(16)17/h9-10H,4-8H2,1-3H3,(H,16,17)/t9?,10-/m1/s1. The number of piperidine rings is 1. The lowest BCUT2D eigenvalue weighted by atomic mass is 9.98. The van der Waals surface area contributed by atoms with Crippen molar-refractivity contribution >= 4 is 18.0 Å². The van der Waals surface area contributed by atoms with E-state index in [-0.39, 0.29) is 25.1 Å². The molecule has 114 valence electrons. The molecule has 1 fully saturated rings. The predicted octanol–water partition coefficient (Wildman–Crippen LogP) is 0.644. The van der Waals surface area contributed by atoms with Gasteiger partial charge in [0, 0.05) is 26.7 Å². The third-order valence-electron chi connectivity index (χ3n) is 3.52. The summed E-state index contributed by atoms with van der Waals surface area (Å²) in [5.41, 5.74) is 0. The zero-order valence-corrected chi connectivity index (χ0v) is 12.2. The molecule has 0 aliphatic carbocycles. The monoisotopic (exact) mass is 286 g/mol. The van der Waals surface area contributed by atoms with Crippen LogP contribution in [-0.4, -0.2) is 66.7 Å². The Morgan fingerprint density at radius 2 is 2.10 bits per heavy atom. The van der Waals surface area contributed by atoms with E-state index in [0.29, 0.717) is 19.4 Å². The first-order valence-electron chi connectivity index (χ1n) is 6.67. The Hall–Kier alpha value is -1.79. The van der Waals surface area contributed by atoms with Crippen LogP contribution in [0.1, 0.15) is 19.8 Å². The number of carbonyl (C=O) groups excluding carboxylic acids is 2. The van der Waals surface area contributed by atoms with E-state index in [1.165, 1.54) is 16.9 Å². The number of rotatable bonds is 4. The quantitative estimate of drug-likeness (QED) is 0.766. The van der Waals surface area contributed by atoms with Crippen LogP contribution in [0, 0.1) is 11.8 Å². The van der Waals surface area contributed by atoms with E-state index in [1.807, 2.05) is 0 Å². The number of amides is 2. The van der Waals surface area contributed by atoms with E-state index in [4.69, 9.17) is 5.11 Å². The Labute approximate surface area is 118 Å². The number of carboxylic acids is 1. The number of carboxylic acid groups (broad SMARTS) is 1. The first-order valence-corrected chi connectivity index (χ1v) is 6.67. The zero-order valence-electron chi connectivity index (χ0n) is 12.2. The summed E-state index contributed by atoms with van der Waals surface area (Å²) in [6.07, 6.45) is 1.28. The molecular weight excluding hydrogens is 264 g/mol. The van der Waals surface area contributed by atoms with E-state index >= 15 is 0 Å². The smallest absolute Gasteiger partial charge is 0.319 e. The number of hydrogen-bond donors (Lipinski definition) is 1. The zero-order chi connectivity index (χ0) is 15.3. The third-order valence-corrected chi connectivity index (χ3v) is 3.52. The van der Waals surface area contributed by atoms with Crippen LogP contribution in [0.25, 0.3) is 0 Å². The number of carbonyl (C=O) groups is 3. The Morgan fingerprint density at radius 3 is 2.65 bits per heavy atom. The molecule has 0 bridgehead atoms. The SMILES string of the molecule is COC(=O)C(C)CN(C)C(=O)N1CCC[C@@H](C(=O)O)C1. The minimum absolute atomic E-state index is 0.227. The van der Waals surface area contributed by atoms with Crippen molar-refractivity contribution < 1.29 is 24.2 Å². The second kappa shape index (κ2) is 7.12. The largest absolute Gasteiger partial charge is 0.481 e. The van der Waals surface area contributed by atoms with Gasteiger partial charge < -0.3 is 19.6 Å². The number of ether oxygens (including phenoxy) is 1. The van der Waals surface area contributed by atoms with Gasteiger partial charge in [0.15, 0.2) is 0 Å². The van der Waals surface area contributed by atoms with E-state index in [9.17, 15) is 14.4 Å². The third kappa shape index (κ3) is 4.11. The van der Waals surface area contributed by atoms with Crippen LogP contribution in [-0.2, 0) is 14.3 Å². The minimum Gasteiger partial charge on any atom is -0.481 e. The molecule has 1 heterocycles.